The first kappa shape index (κ1) is 13.5. The van der Waals surface area contributed by atoms with E-state index >= 15 is 0 Å². The molecule has 0 spiro atoms. The molecule has 110 valence electrons. The van der Waals surface area contributed by atoms with Crippen molar-refractivity contribution in [1.29, 1.82) is 0 Å². The fraction of sp³-hybridized carbons (Fsp3) is 0.500. The van der Waals surface area contributed by atoms with Gasteiger partial charge in [0, 0.05) is 40.8 Å². The molecule has 5 heteroatoms. The van der Waals surface area contributed by atoms with Crippen LogP contribution in [0.3, 0.4) is 0 Å². The van der Waals surface area contributed by atoms with Gasteiger partial charge in [-0.1, -0.05) is 13.8 Å². The van der Waals surface area contributed by atoms with Crippen molar-refractivity contribution < 1.29 is 4.74 Å². The van der Waals surface area contributed by atoms with Crippen molar-refractivity contribution in [3.05, 3.63) is 29.0 Å². The molecule has 3 heterocycles. The molecular formula is C16H18BrN3O. The number of halogens is 1. The highest BCUT2D eigenvalue weighted by Gasteiger charge is 2.59. The van der Waals surface area contributed by atoms with Gasteiger partial charge in [0.15, 0.2) is 0 Å². The number of pyridine rings is 2. The molecule has 1 saturated carbocycles. The lowest BCUT2D eigenvalue weighted by molar-refractivity contribution is -0.0922. The first-order valence-corrected chi connectivity index (χ1v) is 8.15. The Morgan fingerprint density at radius 3 is 3.10 bits per heavy atom. The number of nitrogens with zero attached hydrogens (tertiary/aromatic N) is 2. The molecule has 3 unspecified atom stereocenters. The largest absolute Gasteiger partial charge is 0.379 e. The monoisotopic (exact) mass is 347 g/mol. The highest BCUT2D eigenvalue weighted by atomic mass is 79.9. The molecule has 2 aliphatic rings. The van der Waals surface area contributed by atoms with Crippen LogP contribution in [-0.2, 0) is 4.74 Å². The Morgan fingerprint density at radius 2 is 2.24 bits per heavy atom. The van der Waals surface area contributed by atoms with Crippen molar-refractivity contribution in [3.8, 4) is 0 Å². The molecule has 1 N–H and O–H groups in total. The molecule has 2 aromatic heterocycles. The minimum Gasteiger partial charge on any atom is -0.379 e. The average Bonchev–Trinajstić information content (AvgIpc) is 2.91. The topological polar surface area (TPSA) is 47.0 Å². The number of aromatic nitrogens is 2. The van der Waals surface area contributed by atoms with Crippen LogP contribution in [0.1, 0.15) is 20.3 Å². The van der Waals surface area contributed by atoms with Gasteiger partial charge >= 0.3 is 0 Å². The molecule has 1 aliphatic heterocycles. The molecule has 4 nitrogen and oxygen atoms in total. The zero-order valence-electron chi connectivity index (χ0n) is 12.1. The minimum absolute atomic E-state index is 0.159. The number of nitrogens with one attached hydrogen (secondary N) is 1. The minimum atomic E-state index is 0.159. The summed E-state index contributed by atoms with van der Waals surface area (Å²) in [7, 11) is 0. The Hall–Kier alpha value is -1.20. The smallest absolute Gasteiger partial charge is 0.112 e. The van der Waals surface area contributed by atoms with Gasteiger partial charge in [0.1, 0.15) is 5.52 Å². The van der Waals surface area contributed by atoms with Gasteiger partial charge in [0.2, 0.25) is 0 Å². The molecule has 0 amide bonds. The van der Waals surface area contributed by atoms with Crippen molar-refractivity contribution in [2.75, 3.05) is 11.9 Å². The fourth-order valence-corrected chi connectivity index (χ4v) is 4.23. The van der Waals surface area contributed by atoms with Crippen LogP contribution in [0.4, 0.5) is 5.69 Å². The van der Waals surface area contributed by atoms with E-state index in [9.17, 15) is 0 Å². The highest BCUT2D eigenvalue weighted by Crippen LogP contribution is 2.53. The lowest BCUT2D eigenvalue weighted by Crippen LogP contribution is -2.63. The van der Waals surface area contributed by atoms with E-state index < -0.39 is 0 Å². The van der Waals surface area contributed by atoms with Crippen molar-refractivity contribution in [3.63, 3.8) is 0 Å². The summed E-state index contributed by atoms with van der Waals surface area (Å²) in [6.07, 6.45) is 5.20. The van der Waals surface area contributed by atoms with E-state index in [1.54, 1.807) is 0 Å². The standard InChI is InChI=1S/C16H18BrN3O/c1-16(2)14(10-4-6-21-15(10)16)20-11-3-5-18-12-7-9(17)8-19-13(11)12/h3,5,7-8,10,14-15H,4,6H2,1-2H3,(H,18,20). The molecule has 2 fully saturated rings. The molecule has 2 aromatic rings. The van der Waals surface area contributed by atoms with Gasteiger partial charge in [-0.3, -0.25) is 9.97 Å². The first-order valence-electron chi connectivity index (χ1n) is 7.36. The molecule has 1 saturated heterocycles. The van der Waals surface area contributed by atoms with E-state index in [-0.39, 0.29) is 5.41 Å². The third-order valence-corrected chi connectivity index (χ3v) is 5.39. The van der Waals surface area contributed by atoms with Gasteiger partial charge in [-0.2, -0.15) is 0 Å². The first-order chi connectivity index (χ1) is 10.1. The van der Waals surface area contributed by atoms with Crippen LogP contribution < -0.4 is 5.32 Å². The van der Waals surface area contributed by atoms with Crippen molar-refractivity contribution >= 4 is 32.7 Å². The van der Waals surface area contributed by atoms with Gasteiger partial charge < -0.3 is 10.1 Å². The summed E-state index contributed by atoms with van der Waals surface area (Å²) >= 11 is 3.45. The SMILES string of the molecule is CC1(C)C(Nc2ccnc3cc(Br)cnc23)C2CCOC21. The predicted octanol–water partition coefficient (Wildman–Crippen LogP) is 3.62. The van der Waals surface area contributed by atoms with Crippen LogP contribution in [0.15, 0.2) is 29.0 Å². The highest BCUT2D eigenvalue weighted by molar-refractivity contribution is 9.10. The molecule has 3 atom stereocenters. The van der Waals surface area contributed by atoms with Crippen molar-refractivity contribution in [1.82, 2.24) is 9.97 Å². The lowest BCUT2D eigenvalue weighted by Gasteiger charge is -2.55. The summed E-state index contributed by atoms with van der Waals surface area (Å²) < 4.78 is 6.82. The molecular weight excluding hydrogens is 330 g/mol. The lowest BCUT2D eigenvalue weighted by atomic mass is 9.57. The number of anilines is 1. The van der Waals surface area contributed by atoms with Gasteiger partial charge in [-0.15, -0.1) is 0 Å². The Bertz CT molecular complexity index is 703. The van der Waals surface area contributed by atoms with Crippen LogP contribution in [0.25, 0.3) is 11.0 Å². The van der Waals surface area contributed by atoms with Gasteiger partial charge in [-0.25, -0.2) is 0 Å². The fourth-order valence-electron chi connectivity index (χ4n) is 3.91. The Kier molecular flexibility index (Phi) is 2.98. The number of ether oxygens (including phenoxy) is 1. The maximum absolute atomic E-state index is 5.86. The average molecular weight is 348 g/mol. The van der Waals surface area contributed by atoms with Gasteiger partial charge in [-0.05, 0) is 34.5 Å². The van der Waals surface area contributed by atoms with Crippen molar-refractivity contribution in [2.45, 2.75) is 32.4 Å². The van der Waals surface area contributed by atoms with Crippen LogP contribution in [0, 0.1) is 11.3 Å². The molecule has 0 radical (unpaired) electrons. The third-order valence-electron chi connectivity index (χ3n) is 4.96. The zero-order valence-corrected chi connectivity index (χ0v) is 13.7. The maximum atomic E-state index is 5.86. The quantitative estimate of drug-likeness (QED) is 0.901. The Labute approximate surface area is 132 Å². The Morgan fingerprint density at radius 1 is 1.38 bits per heavy atom. The molecule has 0 aromatic carbocycles. The molecule has 21 heavy (non-hydrogen) atoms. The normalized spacial score (nSPS) is 30.0. The van der Waals surface area contributed by atoms with Gasteiger partial charge in [0.25, 0.3) is 0 Å². The number of fused-ring (bicyclic) bond motifs is 2. The van der Waals surface area contributed by atoms with E-state index in [0.29, 0.717) is 18.1 Å². The maximum Gasteiger partial charge on any atom is 0.112 e. The molecule has 1 aliphatic carbocycles. The van der Waals surface area contributed by atoms with E-state index in [4.69, 9.17) is 4.74 Å². The number of hydrogen-bond acceptors (Lipinski definition) is 4. The van der Waals surface area contributed by atoms with Gasteiger partial charge in [0.05, 0.1) is 17.3 Å². The molecule has 0 bridgehead atoms. The number of rotatable bonds is 2. The van der Waals surface area contributed by atoms with Crippen LogP contribution in [0.2, 0.25) is 0 Å². The zero-order chi connectivity index (χ0) is 14.6. The summed E-state index contributed by atoms with van der Waals surface area (Å²) in [6.45, 7) is 5.45. The third kappa shape index (κ3) is 1.98. The van der Waals surface area contributed by atoms with E-state index in [1.165, 1.54) is 0 Å². The second-order valence-electron chi connectivity index (χ2n) is 6.57. The Balaban J connectivity index is 1.69. The predicted molar refractivity (Wildman–Crippen MR) is 86.3 cm³/mol. The summed E-state index contributed by atoms with van der Waals surface area (Å²) in [5.41, 5.74) is 3.06. The van der Waals surface area contributed by atoms with E-state index in [2.05, 4.69) is 45.1 Å². The second-order valence-corrected chi connectivity index (χ2v) is 7.48. The number of hydrogen-bond donors (Lipinski definition) is 1. The van der Waals surface area contributed by atoms with Crippen LogP contribution >= 0.6 is 15.9 Å². The summed E-state index contributed by atoms with van der Waals surface area (Å²) in [6, 6.07) is 4.45. The second kappa shape index (κ2) is 4.65. The van der Waals surface area contributed by atoms with Crippen LogP contribution in [-0.4, -0.2) is 28.7 Å². The van der Waals surface area contributed by atoms with E-state index in [0.717, 1.165) is 34.2 Å². The molecule has 4 rings (SSSR count). The summed E-state index contributed by atoms with van der Waals surface area (Å²) in [5.74, 6) is 0.610. The summed E-state index contributed by atoms with van der Waals surface area (Å²) in [5, 5.41) is 3.70. The van der Waals surface area contributed by atoms with Crippen LogP contribution in [0.5, 0.6) is 0 Å². The van der Waals surface area contributed by atoms with E-state index in [1.807, 2.05) is 24.5 Å². The summed E-state index contributed by atoms with van der Waals surface area (Å²) in [4.78, 5) is 8.92. The van der Waals surface area contributed by atoms with Crippen molar-refractivity contribution in [2.24, 2.45) is 11.3 Å².